The maximum absolute atomic E-state index is 13.0. The highest BCUT2D eigenvalue weighted by Gasteiger charge is 2.32. The summed E-state index contributed by atoms with van der Waals surface area (Å²) in [4.78, 5) is 20.7. The molecule has 0 aliphatic rings. The Morgan fingerprint density at radius 2 is 1.87 bits per heavy atom. The van der Waals surface area contributed by atoms with Gasteiger partial charge in [-0.05, 0) is 40.2 Å². The quantitative estimate of drug-likeness (QED) is 0.362. The van der Waals surface area contributed by atoms with Gasteiger partial charge in [-0.2, -0.15) is 18.3 Å². The highest BCUT2D eigenvalue weighted by Crippen LogP contribution is 2.35. The molecule has 0 aliphatic heterocycles. The van der Waals surface area contributed by atoms with Gasteiger partial charge in [0.15, 0.2) is 5.82 Å². The molecule has 4 aromatic rings. The molecule has 13 heteroatoms. The number of hydrogen-bond acceptors (Lipinski definition) is 6. The summed E-state index contributed by atoms with van der Waals surface area (Å²) in [6.07, 6.45) is -3.19. The van der Waals surface area contributed by atoms with Crippen LogP contribution >= 0.6 is 39.1 Å². The third kappa shape index (κ3) is 3.93. The number of fused-ring (bicyclic) bond motifs is 1. The van der Waals surface area contributed by atoms with Gasteiger partial charge in [-0.3, -0.25) is 0 Å². The van der Waals surface area contributed by atoms with E-state index in [2.05, 4.69) is 31.0 Å². The Morgan fingerprint density at radius 3 is 2.53 bits per heavy atom. The van der Waals surface area contributed by atoms with Crippen molar-refractivity contribution in [3.63, 3.8) is 0 Å². The first-order valence-electron chi connectivity index (χ1n) is 7.73. The molecule has 0 radical (unpaired) electrons. The number of alkyl halides is 3. The van der Waals surface area contributed by atoms with Crippen LogP contribution in [0, 0.1) is 0 Å². The predicted molar refractivity (Wildman–Crippen MR) is 108 cm³/mol. The lowest BCUT2D eigenvalue weighted by molar-refractivity contribution is -0.137. The van der Waals surface area contributed by atoms with Gasteiger partial charge in [0, 0.05) is 12.3 Å². The van der Waals surface area contributed by atoms with Crippen molar-refractivity contribution >= 4 is 50.0 Å². The summed E-state index contributed by atoms with van der Waals surface area (Å²) in [5, 5.41) is 3.73. The van der Waals surface area contributed by atoms with Crippen molar-refractivity contribution in [3.8, 4) is 17.4 Å². The van der Waals surface area contributed by atoms with E-state index in [1.165, 1.54) is 16.9 Å². The average molecular weight is 523 g/mol. The van der Waals surface area contributed by atoms with Gasteiger partial charge in [-0.25, -0.2) is 19.4 Å². The summed E-state index contributed by atoms with van der Waals surface area (Å²) in [6, 6.07) is 6.04. The minimum absolute atomic E-state index is 0. The Balaban J connectivity index is 0.00000256. The second kappa shape index (κ2) is 7.99. The molecule has 0 aliphatic carbocycles. The van der Waals surface area contributed by atoms with Crippen LogP contribution in [0.5, 0.6) is 0 Å². The van der Waals surface area contributed by atoms with Crippen molar-refractivity contribution in [2.24, 2.45) is 0 Å². The Labute approximate surface area is 184 Å². The van der Waals surface area contributed by atoms with Crippen molar-refractivity contribution in [1.82, 2.24) is 25.9 Å². The van der Waals surface area contributed by atoms with Gasteiger partial charge >= 0.3 is 11.8 Å². The zero-order valence-electron chi connectivity index (χ0n) is 14.5. The molecule has 0 atom stereocenters. The second-order valence-electron chi connectivity index (χ2n) is 5.73. The standard InChI is InChI=1S/C17H6BrCl2F3N4O2.H3N/c18-12-6-11(27(26-12)14-9(19)2-1-3-24-14)15-25-13-8(16(28)29-15)4-7(5-10(13)20)17(21,22)23;/h1-6H;1H3. The van der Waals surface area contributed by atoms with Crippen LogP contribution in [0.1, 0.15) is 5.56 Å². The van der Waals surface area contributed by atoms with E-state index in [4.69, 9.17) is 27.6 Å². The molecule has 156 valence electrons. The van der Waals surface area contributed by atoms with Crippen LogP contribution in [0.25, 0.3) is 28.3 Å². The number of rotatable bonds is 2. The summed E-state index contributed by atoms with van der Waals surface area (Å²) in [5.74, 6) is 0.0157. The smallest absolute Gasteiger partial charge is 0.401 e. The molecule has 0 saturated carbocycles. The summed E-state index contributed by atoms with van der Waals surface area (Å²) in [5.41, 5.74) is -2.06. The fourth-order valence-corrected chi connectivity index (χ4v) is 3.45. The fraction of sp³-hybridized carbons (Fsp3) is 0.0588. The Morgan fingerprint density at radius 1 is 1.13 bits per heavy atom. The molecule has 7 nitrogen and oxygen atoms in total. The number of benzene rings is 1. The molecule has 30 heavy (non-hydrogen) atoms. The van der Waals surface area contributed by atoms with E-state index < -0.39 is 22.8 Å². The van der Waals surface area contributed by atoms with Gasteiger partial charge in [0.25, 0.3) is 0 Å². The molecular formula is C17H9BrCl2F3N5O2. The van der Waals surface area contributed by atoms with Gasteiger partial charge in [0.2, 0.25) is 5.89 Å². The second-order valence-corrected chi connectivity index (χ2v) is 7.36. The number of aromatic nitrogens is 4. The molecule has 0 spiro atoms. The molecule has 3 heterocycles. The lowest BCUT2D eigenvalue weighted by Gasteiger charge is -2.10. The van der Waals surface area contributed by atoms with Gasteiger partial charge in [-0.1, -0.05) is 23.2 Å². The molecular weight excluding hydrogens is 514 g/mol. The minimum atomic E-state index is -4.68. The SMILES string of the molecule is N.O=c1oc(-c2cc(Br)nn2-c2ncccc2Cl)nc2c(Cl)cc(C(F)(F)F)cc12. The van der Waals surface area contributed by atoms with E-state index in [9.17, 15) is 18.0 Å². The molecule has 1 aromatic carbocycles. The average Bonchev–Trinajstić information content (AvgIpc) is 3.03. The molecule has 4 rings (SSSR count). The number of pyridine rings is 1. The van der Waals surface area contributed by atoms with E-state index in [-0.39, 0.29) is 39.1 Å². The minimum Gasteiger partial charge on any atom is -0.401 e. The monoisotopic (exact) mass is 521 g/mol. The van der Waals surface area contributed by atoms with Crippen LogP contribution in [0.4, 0.5) is 13.2 Å². The third-order valence-corrected chi connectivity index (χ3v) is 4.82. The maximum Gasteiger partial charge on any atom is 0.416 e. The molecule has 0 bridgehead atoms. The zero-order chi connectivity index (χ0) is 20.9. The highest BCUT2D eigenvalue weighted by atomic mass is 79.9. The normalized spacial score (nSPS) is 11.5. The zero-order valence-corrected chi connectivity index (χ0v) is 17.6. The van der Waals surface area contributed by atoms with E-state index in [0.717, 1.165) is 0 Å². The molecule has 0 unspecified atom stereocenters. The number of hydrogen-bond donors (Lipinski definition) is 1. The van der Waals surface area contributed by atoms with E-state index in [0.29, 0.717) is 16.7 Å². The summed E-state index contributed by atoms with van der Waals surface area (Å²) in [6.45, 7) is 0. The van der Waals surface area contributed by atoms with Gasteiger partial charge in [-0.15, -0.1) is 0 Å². The van der Waals surface area contributed by atoms with Gasteiger partial charge < -0.3 is 10.6 Å². The molecule has 3 N–H and O–H groups in total. The summed E-state index contributed by atoms with van der Waals surface area (Å²) < 4.78 is 45.8. The topological polar surface area (TPSA) is 109 Å². The molecule has 0 saturated heterocycles. The highest BCUT2D eigenvalue weighted by molar-refractivity contribution is 9.10. The Hall–Kier alpha value is -2.47. The van der Waals surface area contributed by atoms with Crippen molar-refractivity contribution in [2.75, 3.05) is 0 Å². The molecule has 0 fully saturated rings. The van der Waals surface area contributed by atoms with Crippen LogP contribution in [0.3, 0.4) is 0 Å². The first-order chi connectivity index (χ1) is 13.6. The fourth-order valence-electron chi connectivity index (χ4n) is 2.61. The summed E-state index contributed by atoms with van der Waals surface area (Å²) in [7, 11) is 0. The number of halogens is 6. The molecule has 3 aromatic heterocycles. The van der Waals surface area contributed by atoms with E-state index >= 15 is 0 Å². The van der Waals surface area contributed by atoms with Crippen molar-refractivity contribution in [3.05, 3.63) is 67.2 Å². The van der Waals surface area contributed by atoms with Crippen molar-refractivity contribution in [2.45, 2.75) is 6.18 Å². The Bertz CT molecular complexity index is 1320. The number of nitrogens with zero attached hydrogens (tertiary/aromatic N) is 4. The largest absolute Gasteiger partial charge is 0.416 e. The van der Waals surface area contributed by atoms with Crippen LogP contribution in [-0.4, -0.2) is 19.7 Å². The summed E-state index contributed by atoms with van der Waals surface area (Å²) >= 11 is 15.4. The first kappa shape index (κ1) is 22.2. The van der Waals surface area contributed by atoms with Gasteiger partial charge in [0.1, 0.15) is 15.8 Å². The van der Waals surface area contributed by atoms with Crippen LogP contribution in [-0.2, 0) is 6.18 Å². The lowest BCUT2D eigenvalue weighted by atomic mass is 10.1. The van der Waals surface area contributed by atoms with Crippen LogP contribution < -0.4 is 11.8 Å². The van der Waals surface area contributed by atoms with E-state index in [1.807, 2.05) is 0 Å². The maximum atomic E-state index is 13.0. The van der Waals surface area contributed by atoms with Crippen LogP contribution in [0.15, 0.2) is 50.3 Å². The molecule has 0 amide bonds. The predicted octanol–water partition coefficient (Wildman–Crippen LogP) is 5.69. The van der Waals surface area contributed by atoms with Crippen LogP contribution in [0.2, 0.25) is 10.0 Å². The van der Waals surface area contributed by atoms with Crippen molar-refractivity contribution in [1.29, 1.82) is 0 Å². The first-order valence-corrected chi connectivity index (χ1v) is 9.28. The van der Waals surface area contributed by atoms with Gasteiger partial charge in [0.05, 0.1) is 21.0 Å². The third-order valence-electron chi connectivity index (χ3n) is 3.85. The van der Waals surface area contributed by atoms with E-state index in [1.54, 1.807) is 12.1 Å². The lowest BCUT2D eigenvalue weighted by Crippen LogP contribution is -2.10. The van der Waals surface area contributed by atoms with Crippen molar-refractivity contribution < 1.29 is 17.6 Å². The Kier molecular flexibility index (Phi) is 5.92.